The zero-order valence-electron chi connectivity index (χ0n) is 13.2. The molecule has 0 unspecified atom stereocenters. The fourth-order valence-corrected chi connectivity index (χ4v) is 3.12. The number of hydrogen-bond acceptors (Lipinski definition) is 8. The van der Waals surface area contributed by atoms with Gasteiger partial charge in [0.15, 0.2) is 0 Å². The zero-order valence-corrected chi connectivity index (χ0v) is 13.2. The molecule has 0 saturated heterocycles. The van der Waals surface area contributed by atoms with Crippen LogP contribution in [0.1, 0.15) is 16.7 Å². The molecule has 2 aliphatic heterocycles. The van der Waals surface area contributed by atoms with Crippen molar-refractivity contribution in [2.24, 2.45) is 0 Å². The van der Waals surface area contributed by atoms with Crippen molar-refractivity contribution in [2.45, 2.75) is 0 Å². The summed E-state index contributed by atoms with van der Waals surface area (Å²) in [6.45, 7) is -0.455. The fourth-order valence-electron chi connectivity index (χ4n) is 3.12. The van der Waals surface area contributed by atoms with Crippen LogP contribution in [0.2, 0.25) is 0 Å². The Kier molecular flexibility index (Phi) is 3.30. The molecule has 0 aliphatic carbocycles. The third-order valence-corrected chi connectivity index (χ3v) is 4.17. The van der Waals surface area contributed by atoms with Crippen molar-refractivity contribution in [3.63, 3.8) is 0 Å². The van der Waals surface area contributed by atoms with E-state index in [0.29, 0.717) is 0 Å². The number of aliphatic hydroxyl groups is 2. The third-order valence-electron chi connectivity index (χ3n) is 4.17. The minimum Gasteiger partial charge on any atom is -0.509 e. The van der Waals surface area contributed by atoms with Crippen molar-refractivity contribution in [3.05, 3.63) is 46.4 Å². The number of aromatic hydroxyl groups is 4. The number of benzene rings is 2. The van der Waals surface area contributed by atoms with E-state index in [0.717, 1.165) is 12.1 Å². The first-order chi connectivity index (χ1) is 12.4. The summed E-state index contributed by atoms with van der Waals surface area (Å²) in [5, 5.41) is 60.4. The Bertz CT molecular complexity index is 1000. The van der Waals surface area contributed by atoms with Crippen LogP contribution in [0.3, 0.4) is 0 Å². The van der Waals surface area contributed by atoms with E-state index in [1.54, 1.807) is 0 Å². The lowest BCUT2D eigenvalue weighted by molar-refractivity contribution is 0.257. The van der Waals surface area contributed by atoms with Gasteiger partial charge in [0.25, 0.3) is 0 Å². The highest BCUT2D eigenvalue weighted by Gasteiger charge is 2.32. The van der Waals surface area contributed by atoms with E-state index in [1.165, 1.54) is 12.1 Å². The largest absolute Gasteiger partial charge is 0.509 e. The van der Waals surface area contributed by atoms with Crippen molar-refractivity contribution in [3.8, 4) is 34.5 Å². The van der Waals surface area contributed by atoms with Crippen LogP contribution < -0.4 is 9.47 Å². The molecule has 0 bridgehead atoms. The van der Waals surface area contributed by atoms with Crippen LogP contribution >= 0.6 is 0 Å². The number of hydrogen-bond donors (Lipinski definition) is 6. The van der Waals surface area contributed by atoms with Gasteiger partial charge in [-0.2, -0.15) is 0 Å². The van der Waals surface area contributed by atoms with Gasteiger partial charge < -0.3 is 40.1 Å². The van der Waals surface area contributed by atoms with Crippen molar-refractivity contribution < 1.29 is 40.1 Å². The van der Waals surface area contributed by atoms with E-state index >= 15 is 0 Å². The molecule has 0 amide bonds. The highest BCUT2D eigenvalue weighted by atomic mass is 16.5. The van der Waals surface area contributed by atoms with Gasteiger partial charge in [0.05, 0.1) is 16.7 Å². The first-order valence-corrected chi connectivity index (χ1v) is 7.59. The number of ether oxygens (including phenoxy) is 2. The van der Waals surface area contributed by atoms with Crippen molar-refractivity contribution in [1.29, 1.82) is 0 Å². The highest BCUT2D eigenvalue weighted by molar-refractivity contribution is 5.95. The molecule has 26 heavy (non-hydrogen) atoms. The summed E-state index contributed by atoms with van der Waals surface area (Å²) in [5.41, 5.74) is 0.224. The zero-order chi connectivity index (χ0) is 18.6. The summed E-state index contributed by atoms with van der Waals surface area (Å²) in [5.74, 6) is -1.62. The van der Waals surface area contributed by atoms with E-state index in [-0.39, 0.29) is 75.7 Å². The summed E-state index contributed by atoms with van der Waals surface area (Å²) in [6, 6.07) is 3.37. The maximum Gasteiger partial charge on any atom is 0.146 e. The molecular formula is C18H14O8. The Labute approximate surface area is 146 Å². The molecule has 2 heterocycles. The predicted molar refractivity (Wildman–Crippen MR) is 89.8 cm³/mol. The van der Waals surface area contributed by atoms with Gasteiger partial charge >= 0.3 is 0 Å². The van der Waals surface area contributed by atoms with Gasteiger partial charge in [-0.1, -0.05) is 0 Å². The Hall–Kier alpha value is -3.68. The molecule has 2 aromatic carbocycles. The van der Waals surface area contributed by atoms with E-state index in [1.807, 2.05) is 0 Å². The summed E-state index contributed by atoms with van der Waals surface area (Å²) in [4.78, 5) is 0. The van der Waals surface area contributed by atoms with Gasteiger partial charge in [0, 0.05) is 23.8 Å². The summed E-state index contributed by atoms with van der Waals surface area (Å²) in [6.07, 6.45) is 1.28. The normalized spacial score (nSPS) is 15.5. The van der Waals surface area contributed by atoms with Gasteiger partial charge in [-0.3, -0.25) is 0 Å². The van der Waals surface area contributed by atoms with E-state index in [9.17, 15) is 30.6 Å². The second-order valence-corrected chi connectivity index (χ2v) is 5.91. The van der Waals surface area contributed by atoms with E-state index in [4.69, 9.17) is 9.47 Å². The molecular weight excluding hydrogens is 344 g/mol. The molecule has 0 spiro atoms. The van der Waals surface area contributed by atoms with Crippen LogP contribution in [0.15, 0.2) is 29.7 Å². The van der Waals surface area contributed by atoms with E-state index in [2.05, 4.69) is 0 Å². The highest BCUT2D eigenvalue weighted by Crippen LogP contribution is 2.52. The average molecular weight is 358 g/mol. The van der Waals surface area contributed by atoms with Crippen LogP contribution in [0, 0.1) is 0 Å². The predicted octanol–water partition coefficient (Wildman–Crippen LogP) is 2.51. The first-order valence-electron chi connectivity index (χ1n) is 7.59. The molecule has 0 aromatic heterocycles. The maximum absolute atomic E-state index is 10.4. The molecule has 8 nitrogen and oxygen atoms in total. The molecule has 0 radical (unpaired) electrons. The summed E-state index contributed by atoms with van der Waals surface area (Å²) in [7, 11) is 0. The fraction of sp³-hybridized carbons (Fsp3) is 0.111. The lowest BCUT2D eigenvalue weighted by Crippen LogP contribution is -2.15. The van der Waals surface area contributed by atoms with Crippen molar-refractivity contribution in [2.75, 3.05) is 13.2 Å². The van der Waals surface area contributed by atoms with E-state index < -0.39 is 5.75 Å². The second-order valence-electron chi connectivity index (χ2n) is 5.91. The Morgan fingerprint density at radius 2 is 1.46 bits per heavy atom. The Balaban J connectivity index is 2.05. The quantitative estimate of drug-likeness (QED) is 0.457. The van der Waals surface area contributed by atoms with Gasteiger partial charge in [-0.05, 0) is 6.08 Å². The minimum absolute atomic E-state index is 0.0181. The van der Waals surface area contributed by atoms with Crippen LogP contribution in [0.25, 0.3) is 11.6 Å². The standard InChI is InChI=1S/C18H14O8/c19-7-2-11(22)15-14(3-7)25-6-13(24)16(15)17-12(23)4-10(21)9-1-8(20)5-26-18(9)17/h1-4,19-24H,5-6H2. The smallest absolute Gasteiger partial charge is 0.146 e. The molecule has 8 heteroatoms. The number of rotatable bonds is 1. The van der Waals surface area contributed by atoms with Crippen LogP contribution in [0.5, 0.6) is 34.5 Å². The number of aliphatic hydroxyl groups excluding tert-OH is 2. The summed E-state index contributed by atoms with van der Waals surface area (Å²) < 4.78 is 10.8. The number of phenols is 4. The molecule has 0 atom stereocenters. The van der Waals surface area contributed by atoms with Crippen molar-refractivity contribution in [1.82, 2.24) is 0 Å². The average Bonchev–Trinajstić information content (AvgIpc) is 2.57. The number of fused-ring (bicyclic) bond motifs is 2. The monoisotopic (exact) mass is 358 g/mol. The van der Waals surface area contributed by atoms with Gasteiger partial charge in [-0.25, -0.2) is 0 Å². The Morgan fingerprint density at radius 1 is 0.731 bits per heavy atom. The first kappa shape index (κ1) is 15.8. The van der Waals surface area contributed by atoms with Gasteiger partial charge in [0.2, 0.25) is 0 Å². The molecule has 0 saturated carbocycles. The molecule has 2 aromatic rings. The SMILES string of the molecule is OC1=Cc2c(O)cc(O)c(C3=C(O)COc4cc(O)cc(O)c43)c2OC1. The van der Waals surface area contributed by atoms with Crippen molar-refractivity contribution >= 4 is 11.6 Å². The third kappa shape index (κ3) is 2.23. The van der Waals surface area contributed by atoms with Gasteiger partial charge in [-0.15, -0.1) is 0 Å². The molecule has 134 valence electrons. The summed E-state index contributed by atoms with van der Waals surface area (Å²) >= 11 is 0. The topological polar surface area (TPSA) is 140 Å². The Morgan fingerprint density at radius 3 is 2.23 bits per heavy atom. The molecule has 0 fully saturated rings. The van der Waals surface area contributed by atoms with Crippen LogP contribution in [-0.2, 0) is 0 Å². The van der Waals surface area contributed by atoms with Crippen LogP contribution in [0.4, 0.5) is 0 Å². The molecule has 4 rings (SSSR count). The lowest BCUT2D eigenvalue weighted by Gasteiger charge is -2.26. The minimum atomic E-state index is -0.405. The van der Waals surface area contributed by atoms with Crippen LogP contribution in [-0.4, -0.2) is 43.9 Å². The number of phenolic OH excluding ortho intramolecular Hbond substituents is 4. The maximum atomic E-state index is 10.4. The van der Waals surface area contributed by atoms with Gasteiger partial charge in [0.1, 0.15) is 59.2 Å². The molecule has 6 N–H and O–H groups in total. The molecule has 2 aliphatic rings. The lowest BCUT2D eigenvalue weighted by atomic mass is 9.90. The second kappa shape index (κ2) is 5.41.